The van der Waals surface area contributed by atoms with Crippen LogP contribution in [0.2, 0.25) is 0 Å². The van der Waals surface area contributed by atoms with E-state index < -0.39 is 0 Å². The second kappa shape index (κ2) is 1.97. The third kappa shape index (κ3) is 0.672. The average molecular weight is 139 g/mol. The minimum absolute atomic E-state index is 0.880. The minimum atomic E-state index is 0.880. The van der Waals surface area contributed by atoms with Gasteiger partial charge >= 0.3 is 0 Å². The first-order valence-electron chi connectivity index (χ1n) is 4.44. The van der Waals surface area contributed by atoms with Gasteiger partial charge in [0.25, 0.3) is 0 Å². The molecule has 1 heteroatoms. The predicted octanol–water partition coefficient (Wildman–Crippen LogP) is 1.59. The number of rotatable bonds is 1. The van der Waals surface area contributed by atoms with E-state index in [9.17, 15) is 0 Å². The normalized spacial score (nSPS) is 51.6. The molecule has 0 aliphatic carbocycles. The molecular weight excluding hydrogens is 122 g/mol. The van der Waals surface area contributed by atoms with Crippen LogP contribution in [0.15, 0.2) is 0 Å². The summed E-state index contributed by atoms with van der Waals surface area (Å²) in [7, 11) is 0. The summed E-state index contributed by atoms with van der Waals surface area (Å²) in [6.45, 7) is 9.90. The van der Waals surface area contributed by atoms with Gasteiger partial charge in [-0.05, 0) is 24.7 Å². The molecule has 0 radical (unpaired) electrons. The topological polar surface area (TPSA) is 3.24 Å². The van der Waals surface area contributed by atoms with Crippen molar-refractivity contribution in [3.8, 4) is 0 Å². The Balaban J connectivity index is 2.09. The van der Waals surface area contributed by atoms with Gasteiger partial charge in [-0.2, -0.15) is 0 Å². The van der Waals surface area contributed by atoms with E-state index >= 15 is 0 Å². The van der Waals surface area contributed by atoms with Crippen LogP contribution < -0.4 is 0 Å². The van der Waals surface area contributed by atoms with Crippen LogP contribution in [0.5, 0.6) is 0 Å². The molecule has 10 heavy (non-hydrogen) atoms. The molecule has 0 aromatic carbocycles. The molecule has 3 aliphatic heterocycles. The molecule has 0 spiro atoms. The molecule has 0 amide bonds. The van der Waals surface area contributed by atoms with Gasteiger partial charge in [-0.1, -0.05) is 13.8 Å². The van der Waals surface area contributed by atoms with Crippen molar-refractivity contribution >= 4 is 0 Å². The maximum atomic E-state index is 2.61. The van der Waals surface area contributed by atoms with Gasteiger partial charge in [0.2, 0.25) is 0 Å². The van der Waals surface area contributed by atoms with Crippen LogP contribution in [0.4, 0.5) is 0 Å². The highest BCUT2D eigenvalue weighted by Gasteiger charge is 2.48. The van der Waals surface area contributed by atoms with Crippen molar-refractivity contribution in [2.75, 3.05) is 13.1 Å². The van der Waals surface area contributed by atoms with Crippen molar-refractivity contribution in [3.63, 3.8) is 0 Å². The molecule has 0 saturated carbocycles. The Labute approximate surface area is 63.4 Å². The van der Waals surface area contributed by atoms with Gasteiger partial charge in [-0.3, -0.25) is 4.90 Å². The van der Waals surface area contributed by atoms with Crippen molar-refractivity contribution < 1.29 is 0 Å². The largest absolute Gasteiger partial charge is 0.300 e. The molecule has 3 fully saturated rings. The molecule has 0 aromatic rings. The van der Waals surface area contributed by atoms with Crippen molar-refractivity contribution in [3.05, 3.63) is 0 Å². The van der Waals surface area contributed by atoms with Crippen molar-refractivity contribution in [2.45, 2.75) is 26.8 Å². The molecule has 2 unspecified atom stereocenters. The smallest absolute Gasteiger partial charge is 0.0101 e. The minimum Gasteiger partial charge on any atom is -0.300 e. The summed E-state index contributed by atoms with van der Waals surface area (Å²) in [4.78, 5) is 2.61. The Hall–Kier alpha value is -0.0400. The van der Waals surface area contributed by atoms with Gasteiger partial charge in [0.15, 0.2) is 0 Å². The highest BCUT2D eigenvalue weighted by molar-refractivity contribution is 5.01. The van der Waals surface area contributed by atoms with E-state index in [1.54, 1.807) is 0 Å². The number of hydrogen-bond acceptors (Lipinski definition) is 1. The van der Waals surface area contributed by atoms with E-state index in [0.717, 1.165) is 23.8 Å². The maximum absolute atomic E-state index is 2.61. The van der Waals surface area contributed by atoms with E-state index in [-0.39, 0.29) is 0 Å². The molecular formula is C9H17N. The second-order valence-corrected chi connectivity index (χ2v) is 4.28. The Morgan fingerprint density at radius 2 is 1.90 bits per heavy atom. The standard InChI is InChI=1S/C9H17N/c1-6(2)9-7(3)10-4-8(9)5-10/h6-9H,4-5H2,1-3H3. The maximum Gasteiger partial charge on any atom is 0.0101 e. The average Bonchev–Trinajstić information content (AvgIpc) is 2.14. The molecule has 3 rings (SSSR count). The molecule has 3 heterocycles. The molecule has 2 bridgehead atoms. The molecule has 3 aliphatic rings. The quantitative estimate of drug-likeness (QED) is 0.533. The monoisotopic (exact) mass is 139 g/mol. The summed E-state index contributed by atoms with van der Waals surface area (Å²) in [5.74, 6) is 2.95. The summed E-state index contributed by atoms with van der Waals surface area (Å²) in [5.41, 5.74) is 0. The molecule has 1 nitrogen and oxygen atoms in total. The van der Waals surface area contributed by atoms with E-state index in [2.05, 4.69) is 25.7 Å². The number of fused-ring (bicyclic) bond motifs is 1. The zero-order chi connectivity index (χ0) is 7.30. The van der Waals surface area contributed by atoms with Crippen molar-refractivity contribution in [2.24, 2.45) is 17.8 Å². The van der Waals surface area contributed by atoms with E-state index in [4.69, 9.17) is 0 Å². The van der Waals surface area contributed by atoms with Crippen molar-refractivity contribution in [1.29, 1.82) is 0 Å². The SMILES string of the molecule is CC(C)C1C2CN(C2)C1C. The Kier molecular flexibility index (Phi) is 1.31. The fourth-order valence-corrected chi connectivity index (χ4v) is 2.86. The fraction of sp³-hybridized carbons (Fsp3) is 1.00. The third-order valence-corrected chi connectivity index (χ3v) is 3.39. The van der Waals surface area contributed by atoms with Crippen LogP contribution in [-0.2, 0) is 0 Å². The van der Waals surface area contributed by atoms with Crippen LogP contribution in [0.3, 0.4) is 0 Å². The van der Waals surface area contributed by atoms with Crippen LogP contribution in [0.25, 0.3) is 0 Å². The first-order chi connectivity index (χ1) is 4.70. The lowest BCUT2D eigenvalue weighted by Crippen LogP contribution is -2.38. The lowest BCUT2D eigenvalue weighted by Gasteiger charge is -2.28. The third-order valence-electron chi connectivity index (χ3n) is 3.39. The Bertz CT molecular complexity index is 136. The zero-order valence-electron chi connectivity index (χ0n) is 7.17. The van der Waals surface area contributed by atoms with Crippen molar-refractivity contribution in [1.82, 2.24) is 4.90 Å². The van der Waals surface area contributed by atoms with Crippen LogP contribution in [0, 0.1) is 17.8 Å². The van der Waals surface area contributed by atoms with Crippen LogP contribution in [-0.4, -0.2) is 24.0 Å². The predicted molar refractivity (Wildman–Crippen MR) is 42.9 cm³/mol. The fourth-order valence-electron chi connectivity index (χ4n) is 2.86. The summed E-state index contributed by atoms with van der Waals surface area (Å²) in [5, 5.41) is 0. The van der Waals surface area contributed by atoms with Crippen LogP contribution in [0.1, 0.15) is 20.8 Å². The summed E-state index contributed by atoms with van der Waals surface area (Å²) in [6, 6.07) is 0.880. The number of nitrogens with zero attached hydrogens (tertiary/aromatic N) is 1. The summed E-state index contributed by atoms with van der Waals surface area (Å²) >= 11 is 0. The highest BCUT2D eigenvalue weighted by atomic mass is 15.3. The van der Waals surface area contributed by atoms with Gasteiger partial charge in [0.1, 0.15) is 0 Å². The van der Waals surface area contributed by atoms with Gasteiger partial charge < -0.3 is 0 Å². The Morgan fingerprint density at radius 3 is 2.10 bits per heavy atom. The van der Waals surface area contributed by atoms with Gasteiger partial charge in [-0.15, -0.1) is 0 Å². The first-order valence-corrected chi connectivity index (χ1v) is 4.44. The molecule has 2 atom stereocenters. The van der Waals surface area contributed by atoms with Gasteiger partial charge in [-0.25, -0.2) is 0 Å². The van der Waals surface area contributed by atoms with E-state index in [1.807, 2.05) is 0 Å². The summed E-state index contributed by atoms with van der Waals surface area (Å²) < 4.78 is 0. The second-order valence-electron chi connectivity index (χ2n) is 4.28. The molecule has 58 valence electrons. The molecule has 0 aromatic heterocycles. The van der Waals surface area contributed by atoms with E-state index in [1.165, 1.54) is 13.1 Å². The van der Waals surface area contributed by atoms with Crippen LogP contribution >= 0.6 is 0 Å². The molecule has 0 N–H and O–H groups in total. The summed E-state index contributed by atoms with van der Waals surface area (Å²) in [6.07, 6.45) is 0. The van der Waals surface area contributed by atoms with Gasteiger partial charge in [0.05, 0.1) is 0 Å². The highest BCUT2D eigenvalue weighted by Crippen LogP contribution is 2.43. The van der Waals surface area contributed by atoms with E-state index in [0.29, 0.717) is 0 Å². The zero-order valence-corrected chi connectivity index (χ0v) is 7.17. The van der Waals surface area contributed by atoms with Gasteiger partial charge in [0, 0.05) is 19.1 Å². The lowest BCUT2D eigenvalue weighted by molar-refractivity contribution is 0.178. The molecule has 3 saturated heterocycles. The number of hydrogen-bond donors (Lipinski definition) is 0. The first kappa shape index (κ1) is 6.66. The lowest BCUT2D eigenvalue weighted by atomic mass is 9.83. The Morgan fingerprint density at radius 1 is 1.30 bits per heavy atom.